The molecule has 0 radical (unpaired) electrons. The van der Waals surface area contributed by atoms with Gasteiger partial charge in [-0.05, 0) is 43.8 Å². The molecule has 1 rings (SSSR count). The third kappa shape index (κ3) is 4.65. The fraction of sp³-hybridized carbons (Fsp3) is 0.750. The molecule has 0 saturated heterocycles. The van der Waals surface area contributed by atoms with Crippen molar-refractivity contribution in [3.05, 3.63) is 12.7 Å². The van der Waals surface area contributed by atoms with Gasteiger partial charge in [-0.25, -0.2) is 0 Å². The molecule has 86 valence electrons. The van der Waals surface area contributed by atoms with Crippen LogP contribution in [0.4, 0.5) is 0 Å². The summed E-state index contributed by atoms with van der Waals surface area (Å²) in [4.78, 5) is 0. The maximum Gasteiger partial charge on any atom is 0.166 e. The molecule has 3 heteroatoms. The second-order valence-corrected chi connectivity index (χ2v) is 4.68. The Labute approximate surface area is 98.5 Å². The normalized spacial score (nSPS) is 25.7. The summed E-state index contributed by atoms with van der Waals surface area (Å²) in [5.74, 6) is 0.942. The summed E-state index contributed by atoms with van der Waals surface area (Å²) in [5, 5.41) is 7.25. The van der Waals surface area contributed by atoms with Crippen LogP contribution in [0.25, 0.3) is 0 Å². The van der Waals surface area contributed by atoms with Crippen molar-refractivity contribution >= 4 is 17.3 Å². The zero-order chi connectivity index (χ0) is 11.1. The third-order valence-corrected chi connectivity index (χ3v) is 3.43. The molecular formula is C12H22N2S. The van der Waals surface area contributed by atoms with Gasteiger partial charge in [0.25, 0.3) is 0 Å². The van der Waals surface area contributed by atoms with Gasteiger partial charge in [0.1, 0.15) is 0 Å². The lowest BCUT2D eigenvalue weighted by atomic mass is 9.85. The maximum absolute atomic E-state index is 5.19. The predicted molar refractivity (Wildman–Crippen MR) is 70.0 cm³/mol. The van der Waals surface area contributed by atoms with Crippen LogP contribution in [0.1, 0.15) is 39.0 Å². The van der Waals surface area contributed by atoms with Crippen molar-refractivity contribution in [3.63, 3.8) is 0 Å². The van der Waals surface area contributed by atoms with E-state index in [2.05, 4.69) is 24.1 Å². The van der Waals surface area contributed by atoms with Crippen LogP contribution >= 0.6 is 12.2 Å². The molecule has 0 bridgehead atoms. The quantitative estimate of drug-likeness (QED) is 0.569. The Balaban J connectivity index is 2.17. The summed E-state index contributed by atoms with van der Waals surface area (Å²) in [5.41, 5.74) is 0. The van der Waals surface area contributed by atoms with E-state index in [9.17, 15) is 0 Å². The highest BCUT2D eigenvalue weighted by Crippen LogP contribution is 2.26. The lowest BCUT2D eigenvalue weighted by Crippen LogP contribution is -2.43. The summed E-state index contributed by atoms with van der Waals surface area (Å²) in [6, 6.07) is 0.581. The third-order valence-electron chi connectivity index (χ3n) is 3.17. The monoisotopic (exact) mass is 226 g/mol. The average Bonchev–Trinajstić information content (AvgIpc) is 2.27. The standard InChI is InChI=1S/C12H22N2S/c1-3-9-13-12(15)14-11-7-5-10(4-2)6-8-11/h3,10-11H,1,4-9H2,2H3,(H2,13,14,15). The molecule has 0 unspecified atom stereocenters. The van der Waals surface area contributed by atoms with E-state index in [1.807, 2.05) is 6.08 Å². The fourth-order valence-corrected chi connectivity index (χ4v) is 2.37. The van der Waals surface area contributed by atoms with E-state index in [0.29, 0.717) is 6.04 Å². The SMILES string of the molecule is C=CCNC(=S)NC1CCC(CC)CC1. The van der Waals surface area contributed by atoms with Crippen molar-refractivity contribution in [1.29, 1.82) is 0 Å². The van der Waals surface area contributed by atoms with E-state index in [1.165, 1.54) is 32.1 Å². The topological polar surface area (TPSA) is 24.1 Å². The van der Waals surface area contributed by atoms with E-state index < -0.39 is 0 Å². The van der Waals surface area contributed by atoms with Gasteiger partial charge in [0.15, 0.2) is 5.11 Å². The summed E-state index contributed by atoms with van der Waals surface area (Å²) in [6.07, 6.45) is 8.35. The molecule has 2 nitrogen and oxygen atoms in total. The van der Waals surface area contributed by atoms with Gasteiger partial charge in [0, 0.05) is 12.6 Å². The molecule has 1 aliphatic carbocycles. The smallest absolute Gasteiger partial charge is 0.166 e. The van der Waals surface area contributed by atoms with E-state index in [0.717, 1.165) is 17.6 Å². The molecule has 0 amide bonds. The predicted octanol–water partition coefficient (Wildman–Crippen LogP) is 2.61. The lowest BCUT2D eigenvalue weighted by Gasteiger charge is -2.29. The highest BCUT2D eigenvalue weighted by atomic mass is 32.1. The Kier molecular flexibility index (Phi) is 5.69. The summed E-state index contributed by atoms with van der Waals surface area (Å²) in [7, 11) is 0. The zero-order valence-corrected chi connectivity index (χ0v) is 10.4. The van der Waals surface area contributed by atoms with Crippen molar-refractivity contribution in [2.75, 3.05) is 6.54 Å². The maximum atomic E-state index is 5.19. The van der Waals surface area contributed by atoms with Gasteiger partial charge < -0.3 is 10.6 Å². The van der Waals surface area contributed by atoms with Crippen LogP contribution in [0, 0.1) is 5.92 Å². The first-order chi connectivity index (χ1) is 7.26. The lowest BCUT2D eigenvalue weighted by molar-refractivity contribution is 0.305. The highest BCUT2D eigenvalue weighted by Gasteiger charge is 2.19. The second-order valence-electron chi connectivity index (χ2n) is 4.27. The molecule has 0 spiro atoms. The Bertz CT molecular complexity index is 208. The van der Waals surface area contributed by atoms with Crippen LogP contribution in [0.15, 0.2) is 12.7 Å². The minimum atomic E-state index is 0.581. The van der Waals surface area contributed by atoms with Crippen molar-refractivity contribution in [2.24, 2.45) is 5.92 Å². The largest absolute Gasteiger partial charge is 0.360 e. The van der Waals surface area contributed by atoms with Crippen LogP contribution in [0.5, 0.6) is 0 Å². The molecule has 0 aromatic heterocycles. The van der Waals surface area contributed by atoms with E-state index in [4.69, 9.17) is 12.2 Å². The van der Waals surface area contributed by atoms with Gasteiger partial charge >= 0.3 is 0 Å². The van der Waals surface area contributed by atoms with Crippen molar-refractivity contribution in [3.8, 4) is 0 Å². The molecule has 1 saturated carbocycles. The van der Waals surface area contributed by atoms with E-state index >= 15 is 0 Å². The molecule has 0 heterocycles. The number of thiocarbonyl (C=S) groups is 1. The number of rotatable bonds is 4. The van der Waals surface area contributed by atoms with Crippen LogP contribution in [-0.2, 0) is 0 Å². The van der Waals surface area contributed by atoms with Gasteiger partial charge in [0.2, 0.25) is 0 Å². The second kappa shape index (κ2) is 6.83. The van der Waals surface area contributed by atoms with Crippen molar-refractivity contribution in [2.45, 2.75) is 45.1 Å². The molecule has 2 N–H and O–H groups in total. The van der Waals surface area contributed by atoms with Crippen LogP contribution in [0.3, 0.4) is 0 Å². The summed E-state index contributed by atoms with van der Waals surface area (Å²) >= 11 is 5.19. The van der Waals surface area contributed by atoms with Crippen LogP contribution in [-0.4, -0.2) is 17.7 Å². The van der Waals surface area contributed by atoms with Crippen molar-refractivity contribution < 1.29 is 0 Å². The van der Waals surface area contributed by atoms with Gasteiger partial charge in [0.05, 0.1) is 0 Å². The molecule has 1 fully saturated rings. The highest BCUT2D eigenvalue weighted by molar-refractivity contribution is 7.80. The molecule has 0 aliphatic heterocycles. The van der Waals surface area contributed by atoms with Crippen LogP contribution < -0.4 is 10.6 Å². The molecule has 0 aromatic carbocycles. The van der Waals surface area contributed by atoms with Crippen LogP contribution in [0.2, 0.25) is 0 Å². The number of nitrogens with one attached hydrogen (secondary N) is 2. The van der Waals surface area contributed by atoms with E-state index in [1.54, 1.807) is 0 Å². The van der Waals surface area contributed by atoms with Gasteiger partial charge in [-0.3, -0.25) is 0 Å². The number of hydrogen-bond acceptors (Lipinski definition) is 1. The van der Waals surface area contributed by atoms with Gasteiger partial charge in [-0.1, -0.05) is 19.4 Å². The Hall–Kier alpha value is -0.570. The Morgan fingerprint density at radius 2 is 2.07 bits per heavy atom. The number of hydrogen-bond donors (Lipinski definition) is 2. The first-order valence-corrected chi connectivity index (χ1v) is 6.32. The first-order valence-electron chi connectivity index (χ1n) is 5.91. The minimum Gasteiger partial charge on any atom is -0.360 e. The summed E-state index contributed by atoms with van der Waals surface area (Å²) in [6.45, 7) is 6.68. The Morgan fingerprint density at radius 1 is 1.40 bits per heavy atom. The molecule has 0 atom stereocenters. The average molecular weight is 226 g/mol. The van der Waals surface area contributed by atoms with Gasteiger partial charge in [-0.2, -0.15) is 0 Å². The Morgan fingerprint density at radius 3 is 2.60 bits per heavy atom. The fourth-order valence-electron chi connectivity index (χ4n) is 2.12. The minimum absolute atomic E-state index is 0.581. The molecule has 15 heavy (non-hydrogen) atoms. The van der Waals surface area contributed by atoms with Gasteiger partial charge in [-0.15, -0.1) is 6.58 Å². The zero-order valence-electron chi connectivity index (χ0n) is 9.59. The molecular weight excluding hydrogens is 204 g/mol. The summed E-state index contributed by atoms with van der Waals surface area (Å²) < 4.78 is 0. The molecule has 0 aromatic rings. The van der Waals surface area contributed by atoms with E-state index in [-0.39, 0.29) is 0 Å². The van der Waals surface area contributed by atoms with Crippen molar-refractivity contribution in [1.82, 2.24) is 10.6 Å². The molecule has 1 aliphatic rings. The first kappa shape index (κ1) is 12.5.